The lowest BCUT2D eigenvalue weighted by atomic mass is 9.98. The van der Waals surface area contributed by atoms with Crippen LogP contribution in [0.25, 0.3) is 0 Å². The van der Waals surface area contributed by atoms with Gasteiger partial charge < -0.3 is 15.4 Å². The van der Waals surface area contributed by atoms with Gasteiger partial charge in [0, 0.05) is 18.5 Å². The van der Waals surface area contributed by atoms with Gasteiger partial charge in [0.05, 0.1) is 28.6 Å². The van der Waals surface area contributed by atoms with Crippen molar-refractivity contribution in [2.45, 2.75) is 18.2 Å². The van der Waals surface area contributed by atoms with E-state index in [0.717, 1.165) is 6.07 Å². The van der Waals surface area contributed by atoms with Gasteiger partial charge in [0.25, 0.3) is 10.0 Å². The topological polar surface area (TPSA) is 122 Å². The average Bonchev–Trinajstić information content (AvgIpc) is 2.89. The van der Waals surface area contributed by atoms with E-state index in [2.05, 4.69) is 10.6 Å². The molecule has 9 nitrogen and oxygen atoms in total. The van der Waals surface area contributed by atoms with Crippen molar-refractivity contribution in [2.75, 3.05) is 25.5 Å². The molecule has 2 aromatic rings. The lowest BCUT2D eigenvalue weighted by molar-refractivity contribution is -0.131. The van der Waals surface area contributed by atoms with E-state index in [9.17, 15) is 22.8 Å². The zero-order valence-electron chi connectivity index (χ0n) is 17.7. The molecule has 33 heavy (non-hydrogen) atoms. The Labute approximate surface area is 201 Å². The molecule has 0 spiro atoms. The Morgan fingerprint density at radius 3 is 2.61 bits per heavy atom. The first-order valence-corrected chi connectivity index (χ1v) is 12.0. The minimum absolute atomic E-state index is 0.0584. The molecule has 176 valence electrons. The molecule has 0 saturated carbocycles. The lowest BCUT2D eigenvalue weighted by Crippen LogP contribution is -2.42. The Hall–Kier alpha value is -2.82. The molecule has 3 amide bonds. The van der Waals surface area contributed by atoms with Crippen LogP contribution in [0.5, 0.6) is 5.75 Å². The summed E-state index contributed by atoms with van der Waals surface area (Å²) >= 11 is 12.1. The summed E-state index contributed by atoms with van der Waals surface area (Å²) in [6.45, 7) is 0.508. The summed E-state index contributed by atoms with van der Waals surface area (Å²) in [5, 5.41) is 5.56. The van der Waals surface area contributed by atoms with Gasteiger partial charge in [-0.2, -0.15) is 0 Å². The number of halogens is 2. The maximum Gasteiger partial charge on any atom is 0.267 e. The smallest absolute Gasteiger partial charge is 0.267 e. The molecular weight excluding hydrogens is 493 g/mol. The van der Waals surface area contributed by atoms with Crippen LogP contribution < -0.4 is 15.4 Å². The number of nitrogens with one attached hydrogen (secondary N) is 2. The number of sulfonamides is 1. The second-order valence-corrected chi connectivity index (χ2v) is 10.0. The number of benzene rings is 2. The summed E-state index contributed by atoms with van der Waals surface area (Å²) in [5.74, 6) is -2.24. The normalized spacial score (nSPS) is 16.7. The number of anilines is 1. The maximum atomic E-state index is 13.3. The molecule has 3 rings (SSSR count). The number of hydrogen-bond acceptors (Lipinski definition) is 6. The van der Waals surface area contributed by atoms with Crippen molar-refractivity contribution in [2.24, 2.45) is 5.92 Å². The standard InChI is InChI=1S/C21H21Cl2N3O6S/c1-12(27)25-18-9-16(4-5-17(18)23)33(30,31)26-11-20(28)24-10-14(21(26)29)7-13-8-15(22)3-6-19(13)32-2/h3-6,8-9,14H,7,10-11H2,1-2H3,(H,24,28)(H,25,27). The van der Waals surface area contributed by atoms with E-state index in [4.69, 9.17) is 27.9 Å². The van der Waals surface area contributed by atoms with Crippen LogP contribution >= 0.6 is 23.2 Å². The van der Waals surface area contributed by atoms with E-state index in [1.54, 1.807) is 18.2 Å². The number of hydrogen-bond donors (Lipinski definition) is 2. The van der Waals surface area contributed by atoms with Crippen LogP contribution in [0.2, 0.25) is 10.0 Å². The van der Waals surface area contributed by atoms with E-state index in [1.165, 1.54) is 26.2 Å². The fourth-order valence-electron chi connectivity index (χ4n) is 3.40. The van der Waals surface area contributed by atoms with Crippen LogP contribution in [0.1, 0.15) is 12.5 Å². The third kappa shape index (κ3) is 5.58. The minimum atomic E-state index is -4.44. The van der Waals surface area contributed by atoms with Gasteiger partial charge in [-0.05, 0) is 48.4 Å². The molecule has 12 heteroatoms. The highest BCUT2D eigenvalue weighted by atomic mass is 35.5. The average molecular weight is 514 g/mol. The number of nitrogens with zero attached hydrogens (tertiary/aromatic N) is 1. The van der Waals surface area contributed by atoms with E-state index in [-0.39, 0.29) is 28.6 Å². The lowest BCUT2D eigenvalue weighted by Gasteiger charge is -2.23. The Morgan fingerprint density at radius 1 is 1.21 bits per heavy atom. The molecule has 2 N–H and O–H groups in total. The van der Waals surface area contributed by atoms with E-state index in [1.807, 2.05) is 0 Å². The van der Waals surface area contributed by atoms with Crippen molar-refractivity contribution in [3.63, 3.8) is 0 Å². The Balaban J connectivity index is 1.98. The predicted octanol–water partition coefficient (Wildman–Crippen LogP) is 2.47. The van der Waals surface area contributed by atoms with Crippen LogP contribution in [-0.4, -0.2) is 50.6 Å². The summed E-state index contributed by atoms with van der Waals surface area (Å²) in [6, 6.07) is 8.53. The molecule has 1 atom stereocenters. The number of methoxy groups -OCH3 is 1. The summed E-state index contributed by atoms with van der Waals surface area (Å²) in [5.41, 5.74) is 0.661. The van der Waals surface area contributed by atoms with Crippen LogP contribution in [-0.2, 0) is 30.8 Å². The molecule has 0 radical (unpaired) electrons. The van der Waals surface area contributed by atoms with Crippen molar-refractivity contribution >= 4 is 56.6 Å². The van der Waals surface area contributed by atoms with E-state index < -0.39 is 40.2 Å². The Bertz CT molecular complexity index is 1220. The van der Waals surface area contributed by atoms with Crippen molar-refractivity contribution in [3.8, 4) is 5.75 Å². The minimum Gasteiger partial charge on any atom is -0.496 e. The van der Waals surface area contributed by atoms with E-state index in [0.29, 0.717) is 20.6 Å². The molecule has 0 aliphatic carbocycles. The summed E-state index contributed by atoms with van der Waals surface area (Å²) in [4.78, 5) is 36.7. The molecule has 1 heterocycles. The fourth-order valence-corrected chi connectivity index (χ4v) is 5.20. The molecule has 0 bridgehead atoms. The highest BCUT2D eigenvalue weighted by Crippen LogP contribution is 2.30. The quantitative estimate of drug-likeness (QED) is 0.611. The zero-order chi connectivity index (χ0) is 24.3. The fraction of sp³-hybridized carbons (Fsp3) is 0.286. The zero-order valence-corrected chi connectivity index (χ0v) is 20.1. The van der Waals surface area contributed by atoms with Gasteiger partial charge in [0.1, 0.15) is 12.3 Å². The molecule has 1 unspecified atom stereocenters. The first-order valence-electron chi connectivity index (χ1n) is 9.75. The maximum absolute atomic E-state index is 13.3. The van der Waals surface area contributed by atoms with Crippen LogP contribution in [0.15, 0.2) is 41.3 Å². The Kier molecular flexibility index (Phi) is 7.51. The molecular formula is C21H21Cl2N3O6S. The number of rotatable bonds is 6. The second kappa shape index (κ2) is 9.98. The van der Waals surface area contributed by atoms with Crippen molar-refractivity contribution in [1.82, 2.24) is 9.62 Å². The first-order chi connectivity index (χ1) is 15.5. The van der Waals surface area contributed by atoms with Gasteiger partial charge in [-0.1, -0.05) is 23.2 Å². The van der Waals surface area contributed by atoms with E-state index >= 15 is 0 Å². The van der Waals surface area contributed by atoms with Gasteiger partial charge in [0.2, 0.25) is 17.7 Å². The molecule has 2 aromatic carbocycles. The summed E-state index contributed by atoms with van der Waals surface area (Å²) in [7, 11) is -2.97. The highest BCUT2D eigenvalue weighted by molar-refractivity contribution is 7.89. The molecule has 1 aliphatic heterocycles. The van der Waals surface area contributed by atoms with Gasteiger partial charge in [-0.25, -0.2) is 12.7 Å². The number of carbonyl (C=O) groups is 3. The molecule has 1 aliphatic rings. The predicted molar refractivity (Wildman–Crippen MR) is 123 cm³/mol. The number of ether oxygens (including phenoxy) is 1. The molecule has 1 fully saturated rings. The molecule has 1 saturated heterocycles. The first kappa shape index (κ1) is 24.8. The third-order valence-electron chi connectivity index (χ3n) is 4.97. The van der Waals surface area contributed by atoms with Gasteiger partial charge in [-0.15, -0.1) is 0 Å². The van der Waals surface area contributed by atoms with Gasteiger partial charge in [-0.3, -0.25) is 14.4 Å². The largest absolute Gasteiger partial charge is 0.496 e. The van der Waals surface area contributed by atoms with Crippen LogP contribution in [0.4, 0.5) is 5.69 Å². The van der Waals surface area contributed by atoms with Gasteiger partial charge >= 0.3 is 0 Å². The summed E-state index contributed by atoms with van der Waals surface area (Å²) in [6.07, 6.45) is 0.0899. The third-order valence-corrected chi connectivity index (χ3v) is 7.28. The monoisotopic (exact) mass is 513 g/mol. The van der Waals surface area contributed by atoms with Crippen molar-refractivity contribution in [3.05, 3.63) is 52.0 Å². The number of amides is 3. The highest BCUT2D eigenvalue weighted by Gasteiger charge is 2.38. The molecule has 0 aromatic heterocycles. The van der Waals surface area contributed by atoms with Crippen molar-refractivity contribution < 1.29 is 27.5 Å². The van der Waals surface area contributed by atoms with Crippen LogP contribution in [0.3, 0.4) is 0 Å². The van der Waals surface area contributed by atoms with Crippen LogP contribution in [0, 0.1) is 5.92 Å². The van der Waals surface area contributed by atoms with Crippen molar-refractivity contribution in [1.29, 1.82) is 0 Å². The number of carbonyl (C=O) groups excluding carboxylic acids is 3. The SMILES string of the molecule is COc1ccc(Cl)cc1CC1CNC(=O)CN(S(=O)(=O)c2ccc(Cl)c(NC(C)=O)c2)C1=O. The van der Waals surface area contributed by atoms with Gasteiger partial charge in [0.15, 0.2) is 0 Å². The second-order valence-electron chi connectivity index (χ2n) is 7.33. The Morgan fingerprint density at radius 2 is 1.94 bits per heavy atom. The summed E-state index contributed by atoms with van der Waals surface area (Å²) < 4.78 is 32.5.